The lowest BCUT2D eigenvalue weighted by Crippen LogP contribution is -2.33. The Balaban J connectivity index is 2.47. The molecule has 0 aliphatic rings. The summed E-state index contributed by atoms with van der Waals surface area (Å²) in [6, 6.07) is 1.49. The molecule has 122 valence electrons. The Morgan fingerprint density at radius 3 is 2.57 bits per heavy atom. The fourth-order valence-corrected chi connectivity index (χ4v) is 3.54. The number of nitrogens with one attached hydrogen (secondary N) is 2. The zero-order valence-corrected chi connectivity index (χ0v) is 14.0. The van der Waals surface area contributed by atoms with Gasteiger partial charge in [0.25, 0.3) is 0 Å². The Labute approximate surface area is 128 Å². The highest BCUT2D eigenvalue weighted by Gasteiger charge is 2.18. The minimum absolute atomic E-state index is 0.0817. The molecule has 1 unspecified atom stereocenters. The predicted octanol–water partition coefficient (Wildman–Crippen LogP) is 1.26. The van der Waals surface area contributed by atoms with Gasteiger partial charge in [0.2, 0.25) is 10.0 Å². The SMILES string of the molecule is CCN(CC)CCCC(C)NS(=O)(=O)c1c[nH]c(CN)c1. The quantitative estimate of drug-likeness (QED) is 0.606. The van der Waals surface area contributed by atoms with Crippen LogP contribution < -0.4 is 10.5 Å². The Hall–Kier alpha value is -0.890. The summed E-state index contributed by atoms with van der Waals surface area (Å²) in [7, 11) is -3.46. The second kappa shape index (κ2) is 8.53. The normalized spacial score (nSPS) is 13.8. The first-order valence-corrected chi connectivity index (χ1v) is 9.03. The van der Waals surface area contributed by atoms with Crippen molar-refractivity contribution in [2.75, 3.05) is 19.6 Å². The molecule has 1 heterocycles. The zero-order chi connectivity index (χ0) is 15.9. The molecule has 7 heteroatoms. The van der Waals surface area contributed by atoms with Gasteiger partial charge >= 0.3 is 0 Å². The van der Waals surface area contributed by atoms with Gasteiger partial charge in [0, 0.05) is 24.5 Å². The largest absolute Gasteiger partial charge is 0.363 e. The van der Waals surface area contributed by atoms with E-state index in [-0.39, 0.29) is 10.9 Å². The van der Waals surface area contributed by atoms with Crippen LogP contribution in [0.2, 0.25) is 0 Å². The van der Waals surface area contributed by atoms with Crippen molar-refractivity contribution >= 4 is 10.0 Å². The molecule has 4 N–H and O–H groups in total. The van der Waals surface area contributed by atoms with Gasteiger partial charge in [0.05, 0.1) is 4.90 Å². The number of nitrogens with zero attached hydrogens (tertiary/aromatic N) is 1. The highest BCUT2D eigenvalue weighted by Crippen LogP contribution is 2.12. The number of nitrogens with two attached hydrogens (primary N) is 1. The van der Waals surface area contributed by atoms with E-state index < -0.39 is 10.0 Å². The monoisotopic (exact) mass is 316 g/mol. The summed E-state index contributed by atoms with van der Waals surface area (Å²) >= 11 is 0. The van der Waals surface area contributed by atoms with E-state index in [2.05, 4.69) is 28.5 Å². The van der Waals surface area contributed by atoms with E-state index in [9.17, 15) is 8.42 Å². The molecule has 0 aliphatic carbocycles. The zero-order valence-electron chi connectivity index (χ0n) is 13.2. The third kappa shape index (κ3) is 5.78. The number of sulfonamides is 1. The van der Waals surface area contributed by atoms with Gasteiger partial charge in [0.1, 0.15) is 0 Å². The second-order valence-corrected chi connectivity index (χ2v) is 6.97. The molecule has 1 rings (SSSR count). The summed E-state index contributed by atoms with van der Waals surface area (Å²) in [5, 5.41) is 0. The van der Waals surface area contributed by atoms with Crippen LogP contribution in [0.4, 0.5) is 0 Å². The molecule has 6 nitrogen and oxygen atoms in total. The maximum atomic E-state index is 12.2. The van der Waals surface area contributed by atoms with Crippen molar-refractivity contribution < 1.29 is 8.42 Å². The molecule has 0 radical (unpaired) electrons. The van der Waals surface area contributed by atoms with Crippen LogP contribution in [0.5, 0.6) is 0 Å². The minimum atomic E-state index is -3.46. The van der Waals surface area contributed by atoms with Gasteiger partial charge in [0.15, 0.2) is 0 Å². The average molecular weight is 316 g/mol. The van der Waals surface area contributed by atoms with Crippen LogP contribution in [-0.4, -0.2) is 44.0 Å². The van der Waals surface area contributed by atoms with Gasteiger partial charge < -0.3 is 15.6 Å². The van der Waals surface area contributed by atoms with E-state index in [1.54, 1.807) is 6.07 Å². The molecule has 0 amide bonds. The summed E-state index contributed by atoms with van der Waals surface area (Å²) in [5.74, 6) is 0. The van der Waals surface area contributed by atoms with E-state index >= 15 is 0 Å². The predicted molar refractivity (Wildman–Crippen MR) is 85.5 cm³/mol. The number of rotatable bonds is 10. The number of H-pyrrole nitrogens is 1. The third-order valence-corrected chi connectivity index (χ3v) is 5.18. The van der Waals surface area contributed by atoms with Gasteiger partial charge in [-0.15, -0.1) is 0 Å². The van der Waals surface area contributed by atoms with Crippen LogP contribution in [0.25, 0.3) is 0 Å². The van der Waals surface area contributed by atoms with Crippen molar-refractivity contribution in [2.45, 2.75) is 51.1 Å². The summed E-state index contributed by atoms with van der Waals surface area (Å²) in [6.45, 7) is 9.53. The van der Waals surface area contributed by atoms with Crippen molar-refractivity contribution in [3.8, 4) is 0 Å². The second-order valence-electron chi connectivity index (χ2n) is 5.26. The number of hydrogen-bond acceptors (Lipinski definition) is 4. The summed E-state index contributed by atoms with van der Waals surface area (Å²) in [6.07, 6.45) is 3.28. The topological polar surface area (TPSA) is 91.2 Å². The number of aromatic nitrogens is 1. The van der Waals surface area contributed by atoms with Crippen LogP contribution >= 0.6 is 0 Å². The summed E-state index contributed by atoms with van der Waals surface area (Å²) < 4.78 is 27.1. The fourth-order valence-electron chi connectivity index (χ4n) is 2.24. The third-order valence-electron chi connectivity index (χ3n) is 3.61. The van der Waals surface area contributed by atoms with Crippen LogP contribution in [0.1, 0.15) is 39.3 Å². The maximum absolute atomic E-state index is 12.2. The first kappa shape index (κ1) is 18.2. The molecule has 0 fully saturated rings. The van der Waals surface area contributed by atoms with E-state index in [0.717, 1.165) is 32.5 Å². The van der Waals surface area contributed by atoms with Gasteiger partial charge in [-0.25, -0.2) is 13.1 Å². The molecular weight excluding hydrogens is 288 g/mol. The van der Waals surface area contributed by atoms with E-state index in [4.69, 9.17) is 5.73 Å². The van der Waals surface area contributed by atoms with Gasteiger partial charge in [-0.3, -0.25) is 0 Å². The van der Waals surface area contributed by atoms with Gasteiger partial charge in [-0.1, -0.05) is 13.8 Å². The van der Waals surface area contributed by atoms with Crippen molar-refractivity contribution in [2.24, 2.45) is 5.73 Å². The highest BCUT2D eigenvalue weighted by molar-refractivity contribution is 7.89. The number of aromatic amines is 1. The first-order valence-electron chi connectivity index (χ1n) is 7.55. The standard InChI is InChI=1S/C14H28N4O2S/c1-4-18(5-2)8-6-7-12(3)17-21(19,20)14-9-13(10-15)16-11-14/h9,11-12,16-17H,4-8,10,15H2,1-3H3. The molecule has 1 aromatic heterocycles. The van der Waals surface area contributed by atoms with Crippen molar-refractivity contribution in [1.29, 1.82) is 0 Å². The smallest absolute Gasteiger partial charge is 0.242 e. The Morgan fingerprint density at radius 2 is 2.05 bits per heavy atom. The fraction of sp³-hybridized carbons (Fsp3) is 0.714. The molecule has 0 spiro atoms. The molecule has 0 aliphatic heterocycles. The van der Waals surface area contributed by atoms with Crippen molar-refractivity contribution in [3.05, 3.63) is 18.0 Å². The number of hydrogen-bond donors (Lipinski definition) is 3. The summed E-state index contributed by atoms with van der Waals surface area (Å²) in [4.78, 5) is 5.44. The lowest BCUT2D eigenvalue weighted by molar-refractivity contribution is 0.293. The molecule has 1 aromatic rings. The molecule has 1 atom stereocenters. The minimum Gasteiger partial charge on any atom is -0.363 e. The van der Waals surface area contributed by atoms with Crippen molar-refractivity contribution in [1.82, 2.24) is 14.6 Å². The molecule has 0 bridgehead atoms. The van der Waals surface area contributed by atoms with Crippen LogP contribution in [0.15, 0.2) is 17.2 Å². The molecule has 0 aromatic carbocycles. The molecule has 0 saturated heterocycles. The Morgan fingerprint density at radius 1 is 1.38 bits per heavy atom. The van der Waals surface area contributed by atoms with Crippen LogP contribution in [0.3, 0.4) is 0 Å². The average Bonchev–Trinajstić information content (AvgIpc) is 2.93. The first-order chi connectivity index (χ1) is 9.92. The van der Waals surface area contributed by atoms with Gasteiger partial charge in [-0.2, -0.15) is 0 Å². The summed E-state index contributed by atoms with van der Waals surface area (Å²) in [5.41, 5.74) is 6.19. The molecule has 0 saturated carbocycles. The van der Waals surface area contributed by atoms with Crippen molar-refractivity contribution in [3.63, 3.8) is 0 Å². The Bertz CT molecular complexity index is 509. The van der Waals surface area contributed by atoms with E-state index in [1.807, 2.05) is 6.92 Å². The molecular formula is C14H28N4O2S. The Kier molecular flexibility index (Phi) is 7.37. The highest BCUT2D eigenvalue weighted by atomic mass is 32.2. The van der Waals surface area contributed by atoms with E-state index in [0.29, 0.717) is 12.2 Å². The van der Waals surface area contributed by atoms with Gasteiger partial charge in [-0.05, 0) is 45.5 Å². The maximum Gasteiger partial charge on any atom is 0.242 e. The molecule has 21 heavy (non-hydrogen) atoms. The van der Waals surface area contributed by atoms with E-state index in [1.165, 1.54) is 6.20 Å². The van der Waals surface area contributed by atoms with Crippen LogP contribution in [-0.2, 0) is 16.6 Å². The van der Waals surface area contributed by atoms with Crippen LogP contribution in [0, 0.1) is 0 Å². The lowest BCUT2D eigenvalue weighted by atomic mass is 10.2. The lowest BCUT2D eigenvalue weighted by Gasteiger charge is -2.19.